The molecule has 0 radical (unpaired) electrons. The van der Waals surface area contributed by atoms with Crippen LogP contribution in [0.2, 0.25) is 18.1 Å². The number of carbonyl (C=O) groups excluding carboxylic acids is 1. The maximum atomic E-state index is 12.7. The van der Waals surface area contributed by atoms with E-state index in [-0.39, 0.29) is 23.0 Å². The quantitative estimate of drug-likeness (QED) is 0.0469. The van der Waals surface area contributed by atoms with Crippen molar-refractivity contribution in [3.05, 3.63) is 69.0 Å². The van der Waals surface area contributed by atoms with Gasteiger partial charge < -0.3 is 28.5 Å². The van der Waals surface area contributed by atoms with Gasteiger partial charge in [-0.25, -0.2) is 4.79 Å². The maximum Gasteiger partial charge on any atom is 0.341 e. The number of esters is 1. The van der Waals surface area contributed by atoms with Gasteiger partial charge in [-0.15, -0.1) is 0 Å². The van der Waals surface area contributed by atoms with Crippen molar-refractivity contribution in [1.82, 2.24) is 0 Å². The zero-order valence-corrected chi connectivity index (χ0v) is 34.7. The Morgan fingerprint density at radius 2 is 1.80 bits per heavy atom. The van der Waals surface area contributed by atoms with Gasteiger partial charge in [0, 0.05) is 11.5 Å². The van der Waals surface area contributed by atoms with Gasteiger partial charge in [0.15, 0.2) is 13.9 Å². The Morgan fingerprint density at radius 1 is 1.10 bits per heavy atom. The third kappa shape index (κ3) is 11.3. The first-order valence-electron chi connectivity index (χ1n) is 18.1. The standard InChI is InChI=1S/C40H61IO7Si/c1-11-17-30(33(42)20-22-40(35(12-2)48-40)38(43)44-13-3)21-23-45-34-25-31(24-28(4)5)37(46-26-29-18-15-14-16-19-29)32(36(34)41)27-47-49(9,10)39(6,7)8/h14-16,18-19,21,23,25,28,30,33,35,42H,11-13,17,20,22,24,26-27H2,1-10H3/b23-21+/t30?,33?,35-,40-/m1/s1. The van der Waals surface area contributed by atoms with E-state index in [0.717, 1.165) is 57.4 Å². The second kappa shape index (κ2) is 18.5. The van der Waals surface area contributed by atoms with Gasteiger partial charge in [0.05, 0.1) is 35.3 Å². The van der Waals surface area contributed by atoms with Crippen LogP contribution in [0.4, 0.5) is 0 Å². The lowest BCUT2D eigenvalue weighted by molar-refractivity contribution is -0.150. The van der Waals surface area contributed by atoms with Gasteiger partial charge in [0.1, 0.15) is 18.1 Å². The highest BCUT2D eigenvalue weighted by atomic mass is 127. The Hall–Kier alpha value is -1.92. The van der Waals surface area contributed by atoms with Gasteiger partial charge in [-0.2, -0.15) is 0 Å². The number of ether oxygens (including phenoxy) is 4. The van der Waals surface area contributed by atoms with E-state index in [9.17, 15) is 9.90 Å². The van der Waals surface area contributed by atoms with E-state index in [2.05, 4.69) is 95.4 Å². The molecule has 0 aromatic heterocycles. The molecule has 2 aromatic rings. The molecule has 0 spiro atoms. The summed E-state index contributed by atoms with van der Waals surface area (Å²) in [4.78, 5) is 12.7. The smallest absolute Gasteiger partial charge is 0.341 e. The fraction of sp³-hybridized carbons (Fsp3) is 0.625. The van der Waals surface area contributed by atoms with Crippen molar-refractivity contribution in [3.8, 4) is 11.5 Å². The first-order valence-corrected chi connectivity index (χ1v) is 22.1. The fourth-order valence-electron chi connectivity index (χ4n) is 5.84. The maximum absolute atomic E-state index is 12.7. The molecule has 1 N–H and O–H groups in total. The molecule has 0 amide bonds. The number of benzene rings is 2. The monoisotopic (exact) mass is 808 g/mol. The average Bonchev–Trinajstić information content (AvgIpc) is 3.78. The number of epoxide rings is 1. The summed E-state index contributed by atoms with van der Waals surface area (Å²) in [6, 6.07) is 12.3. The van der Waals surface area contributed by atoms with Gasteiger partial charge in [0.2, 0.25) is 0 Å². The zero-order chi connectivity index (χ0) is 36.4. The van der Waals surface area contributed by atoms with E-state index >= 15 is 0 Å². The molecule has 49 heavy (non-hydrogen) atoms. The number of carbonyl (C=O) groups is 1. The Morgan fingerprint density at radius 3 is 2.37 bits per heavy atom. The highest BCUT2D eigenvalue weighted by molar-refractivity contribution is 14.1. The third-order valence-corrected chi connectivity index (χ3v) is 15.5. The Kier molecular flexibility index (Phi) is 15.7. The van der Waals surface area contributed by atoms with Crippen molar-refractivity contribution in [2.45, 2.75) is 143 Å². The van der Waals surface area contributed by atoms with Crippen molar-refractivity contribution >= 4 is 36.9 Å². The van der Waals surface area contributed by atoms with Gasteiger partial charge in [-0.1, -0.05) is 85.2 Å². The van der Waals surface area contributed by atoms with E-state index in [0.29, 0.717) is 38.6 Å². The highest BCUT2D eigenvalue weighted by Crippen LogP contribution is 2.45. The SMILES string of the molecule is CCCC(/C=C/Oc1cc(CC(C)C)c(OCc2ccccc2)c(CO[Si](C)(C)C(C)(C)C)c1I)C(O)CC[C@@]1(C(=O)OCC)O[C@@H]1CC. The lowest BCUT2D eigenvalue weighted by Crippen LogP contribution is -2.40. The van der Waals surface area contributed by atoms with E-state index in [4.69, 9.17) is 23.4 Å². The molecule has 1 saturated heterocycles. The summed E-state index contributed by atoms with van der Waals surface area (Å²) >= 11 is 2.37. The van der Waals surface area contributed by atoms with Crippen LogP contribution < -0.4 is 9.47 Å². The van der Waals surface area contributed by atoms with Crippen LogP contribution in [-0.2, 0) is 38.3 Å². The second-order valence-corrected chi connectivity index (χ2v) is 21.1. The topological polar surface area (TPSA) is 86.8 Å². The van der Waals surface area contributed by atoms with E-state index in [1.54, 1.807) is 13.2 Å². The molecule has 1 fully saturated rings. The normalized spacial score (nSPS) is 19.2. The summed E-state index contributed by atoms with van der Waals surface area (Å²) in [7, 11) is -2.06. The molecule has 274 valence electrons. The molecule has 0 aliphatic carbocycles. The Balaban J connectivity index is 1.90. The third-order valence-electron chi connectivity index (χ3n) is 9.85. The predicted molar refractivity (Wildman–Crippen MR) is 208 cm³/mol. The number of aliphatic hydroxyl groups excluding tert-OH is 1. The van der Waals surface area contributed by atoms with Crippen LogP contribution in [-0.4, -0.2) is 43.8 Å². The predicted octanol–water partition coefficient (Wildman–Crippen LogP) is 10.2. The van der Waals surface area contributed by atoms with E-state index in [1.807, 2.05) is 31.2 Å². The molecule has 2 aromatic carbocycles. The summed E-state index contributed by atoms with van der Waals surface area (Å²) in [6.45, 7) is 22.8. The molecule has 0 bridgehead atoms. The lowest BCUT2D eigenvalue weighted by atomic mass is 9.89. The van der Waals surface area contributed by atoms with Crippen LogP contribution in [0.3, 0.4) is 0 Å². The van der Waals surface area contributed by atoms with Gasteiger partial charge in [0.25, 0.3) is 0 Å². The summed E-state index contributed by atoms with van der Waals surface area (Å²) in [6.07, 6.45) is 6.99. The second-order valence-electron chi connectivity index (χ2n) is 15.2. The first kappa shape index (κ1) is 41.5. The molecular weight excluding hydrogens is 747 g/mol. The Bertz CT molecular complexity index is 1370. The van der Waals surface area contributed by atoms with Gasteiger partial charge in [-0.3, -0.25) is 0 Å². The molecule has 9 heteroatoms. The summed E-state index contributed by atoms with van der Waals surface area (Å²) in [5.41, 5.74) is 2.28. The minimum atomic E-state index is -2.06. The van der Waals surface area contributed by atoms with Crippen molar-refractivity contribution in [3.63, 3.8) is 0 Å². The first-order chi connectivity index (χ1) is 23.1. The molecule has 2 unspecified atom stereocenters. The molecule has 4 atom stereocenters. The highest BCUT2D eigenvalue weighted by Gasteiger charge is 2.62. The van der Waals surface area contributed by atoms with Crippen molar-refractivity contribution in [2.24, 2.45) is 11.8 Å². The number of hydrogen-bond donors (Lipinski definition) is 1. The fourth-order valence-corrected chi connectivity index (χ4v) is 7.46. The van der Waals surface area contributed by atoms with E-state index in [1.165, 1.54) is 0 Å². The van der Waals surface area contributed by atoms with Crippen molar-refractivity contribution < 1.29 is 33.3 Å². The minimum absolute atomic E-state index is 0.0648. The number of rotatable bonds is 20. The van der Waals surface area contributed by atoms with Crippen molar-refractivity contribution in [1.29, 1.82) is 0 Å². The zero-order valence-electron chi connectivity index (χ0n) is 31.6. The minimum Gasteiger partial charge on any atom is -0.488 e. The Labute approximate surface area is 310 Å². The van der Waals surface area contributed by atoms with Crippen LogP contribution >= 0.6 is 22.6 Å². The molecule has 1 heterocycles. The number of hydrogen-bond acceptors (Lipinski definition) is 7. The van der Waals surface area contributed by atoms with Crippen LogP contribution in [0, 0.1) is 15.4 Å². The summed E-state index contributed by atoms with van der Waals surface area (Å²) in [5.74, 6) is 1.57. The van der Waals surface area contributed by atoms with Crippen LogP contribution in [0.15, 0.2) is 48.7 Å². The molecule has 1 aliphatic rings. The molecular formula is C40H61IO7Si. The van der Waals surface area contributed by atoms with Gasteiger partial charge in [-0.05, 0) is 109 Å². The number of aliphatic hydroxyl groups is 1. The molecule has 1 aliphatic heterocycles. The molecule has 7 nitrogen and oxygen atoms in total. The van der Waals surface area contributed by atoms with Gasteiger partial charge >= 0.3 is 5.97 Å². The number of halogens is 1. The molecule has 3 rings (SSSR count). The lowest BCUT2D eigenvalue weighted by Gasteiger charge is -2.36. The molecule has 0 saturated carbocycles. The largest absolute Gasteiger partial charge is 0.488 e. The van der Waals surface area contributed by atoms with Crippen LogP contribution in [0.1, 0.15) is 104 Å². The van der Waals surface area contributed by atoms with Crippen LogP contribution in [0.25, 0.3) is 0 Å². The van der Waals surface area contributed by atoms with Crippen molar-refractivity contribution in [2.75, 3.05) is 6.61 Å². The van der Waals surface area contributed by atoms with E-state index < -0.39 is 20.0 Å². The summed E-state index contributed by atoms with van der Waals surface area (Å²) in [5, 5.41) is 11.4. The average molecular weight is 809 g/mol. The van der Waals surface area contributed by atoms with Crippen LogP contribution in [0.5, 0.6) is 11.5 Å². The summed E-state index contributed by atoms with van der Waals surface area (Å²) < 4.78 is 31.9.